The molecule has 5 saturated carbocycles. The van der Waals surface area contributed by atoms with E-state index < -0.39 is 48.4 Å². The molecular formula is C77H94BBr2F3N12O9. The average molecular weight is 1560 g/mol. The lowest BCUT2D eigenvalue weighted by atomic mass is 9.70. The lowest BCUT2D eigenvalue weighted by Crippen LogP contribution is -2.46. The van der Waals surface area contributed by atoms with Gasteiger partial charge in [-0.3, -0.25) is 24.0 Å². The minimum absolute atomic E-state index is 0.0726. The van der Waals surface area contributed by atoms with Crippen molar-refractivity contribution >= 4 is 103 Å². The topological polar surface area (TPSA) is 352 Å². The van der Waals surface area contributed by atoms with Crippen LogP contribution in [0.1, 0.15) is 193 Å². The Morgan fingerprint density at radius 2 is 1.00 bits per heavy atom. The van der Waals surface area contributed by atoms with Crippen LogP contribution in [0, 0.1) is 41.1 Å². The number of aromatic nitrogens is 4. The molecule has 4 amide bonds. The van der Waals surface area contributed by atoms with E-state index in [1.54, 1.807) is 66.8 Å². The van der Waals surface area contributed by atoms with Crippen LogP contribution in [-0.2, 0) is 33.5 Å². The zero-order valence-electron chi connectivity index (χ0n) is 59.1. The van der Waals surface area contributed by atoms with Crippen molar-refractivity contribution in [3.63, 3.8) is 0 Å². The molecule has 5 aliphatic carbocycles. The maximum atomic E-state index is 13.3. The summed E-state index contributed by atoms with van der Waals surface area (Å²) in [6.45, 7) is 9.04. The maximum absolute atomic E-state index is 13.3. The Morgan fingerprint density at radius 1 is 0.548 bits per heavy atom. The number of primary amides is 1. The monoisotopic (exact) mass is 1560 g/mol. The predicted octanol–water partition coefficient (Wildman–Crippen LogP) is 13.6. The van der Waals surface area contributed by atoms with Crippen molar-refractivity contribution in [2.45, 2.75) is 166 Å². The minimum atomic E-state index is -1.04. The highest BCUT2D eigenvalue weighted by atomic mass is 79.9. The summed E-state index contributed by atoms with van der Waals surface area (Å²) >= 11 is 6.58. The normalized spacial score (nSPS) is 20.7. The van der Waals surface area contributed by atoms with Crippen LogP contribution < -0.4 is 34.0 Å². The van der Waals surface area contributed by atoms with Gasteiger partial charge in [0, 0.05) is 42.1 Å². The number of Topliss-reactive ketones (excluding diaryl/α,β-unsaturated/α-hetero) is 1. The van der Waals surface area contributed by atoms with Crippen molar-refractivity contribution in [3.05, 3.63) is 194 Å². The number of piperidine rings is 2. The summed E-state index contributed by atoms with van der Waals surface area (Å²) in [7, 11) is -1.04. The van der Waals surface area contributed by atoms with Crippen molar-refractivity contribution in [1.29, 1.82) is 0 Å². The van der Waals surface area contributed by atoms with Gasteiger partial charge in [-0.25, -0.2) is 37.9 Å². The highest BCUT2D eigenvalue weighted by Gasteiger charge is 2.40. The summed E-state index contributed by atoms with van der Waals surface area (Å²) in [5, 5.41) is 19.2. The molecular weight excluding hydrogens is 1460 g/mol. The van der Waals surface area contributed by atoms with E-state index >= 15 is 0 Å². The number of esters is 1. The number of carbonyl (C=O) groups excluding carboxylic acids is 6. The second kappa shape index (κ2) is 38.8. The number of hydrogen-bond donors (Lipinski definition) is 8. The molecule has 0 bridgehead atoms. The van der Waals surface area contributed by atoms with Crippen LogP contribution >= 0.6 is 31.9 Å². The molecule has 6 heterocycles. The number of nitrogens with one attached hydrogen (secondary N) is 1. The van der Waals surface area contributed by atoms with Crippen molar-refractivity contribution in [1.82, 2.24) is 29.7 Å². The van der Waals surface area contributed by atoms with Gasteiger partial charge in [-0.1, -0.05) is 82.5 Å². The standard InChI is InChI=1S/C23H26FN3O2.C16H20FNO3.C14H17FN2O2.C8H9BrN2.C8H10N2.C5H5BrN2.C3H7BO2/c1-13-2-9-18(14-5-7-16(24)8-6-14)20(10-13)21(28)23(29)27-17-11-19(15-3-4-15)22(25)26-12-17;1-3-21-16(20)15(19)18-10-11(2)4-9-14(18)12-5-7-13(17)8-6-12;1-9-2-7-12(10-3-5-11(15)6-4-10)17(8-9)14(19)13(16)18;9-6-3-7(5-1-2-5)8(10)11-4-6;9-8-7(6-3-4-6)2-1-5-10-8;6-4-2-1-3-8-5(4)7;5-4(6)3-1-2-3/h5-8,11-13,15,18,20H,2-4,9-10H2,1H3,(H2,25,26)(H,27,29);5-8,11,14H,3-4,9-10H2,1-2H3;3-6,9,12H,2,7-8H2,1H3,(H2,16,18);3-5H,1-2H2,(H2,10,11);1-2,5-6H,3-4H2,(H2,9,10);1-3H,(H2,7,8);3,5-6H,1-2H2/t13-,18+,20?;11-,14+;9-,12+;;;;/m000..../s1. The quantitative estimate of drug-likeness (QED) is 0.0339. The summed E-state index contributed by atoms with van der Waals surface area (Å²) in [4.78, 5) is 91.9. The van der Waals surface area contributed by atoms with Gasteiger partial charge in [0.05, 0.1) is 35.0 Å². The van der Waals surface area contributed by atoms with Gasteiger partial charge in [0.25, 0.3) is 5.91 Å². The van der Waals surface area contributed by atoms with E-state index in [1.165, 1.54) is 84.3 Å². The number of amides is 4. The van der Waals surface area contributed by atoms with E-state index in [9.17, 15) is 41.9 Å². The van der Waals surface area contributed by atoms with Crippen LogP contribution in [0.25, 0.3) is 0 Å². The lowest BCUT2D eigenvalue weighted by molar-refractivity contribution is -0.162. The summed E-state index contributed by atoms with van der Waals surface area (Å²) in [6.07, 6.45) is 21.8. The maximum Gasteiger partial charge on any atom is 0.454 e. The van der Waals surface area contributed by atoms with Crippen LogP contribution in [-0.4, -0.2) is 102 Å². The second-order valence-corrected chi connectivity index (χ2v) is 29.5. The number of likely N-dealkylation sites (tertiary alicyclic amines) is 2. The number of ketones is 1. The number of carbonyl (C=O) groups is 6. The second-order valence-electron chi connectivity index (χ2n) is 27.7. The predicted molar refractivity (Wildman–Crippen MR) is 403 cm³/mol. The average Bonchev–Trinajstić information content (AvgIpc) is 0.829. The zero-order chi connectivity index (χ0) is 75.3. The number of benzene rings is 3. The van der Waals surface area contributed by atoms with E-state index in [4.69, 9.17) is 43.5 Å². The number of anilines is 5. The van der Waals surface area contributed by atoms with E-state index in [2.05, 4.69) is 76.2 Å². The number of rotatable bonds is 11. The van der Waals surface area contributed by atoms with Crippen molar-refractivity contribution in [2.75, 3.05) is 47.9 Å². The fraction of sp³-hybridized carbons (Fsp3) is 0.429. The number of pyridine rings is 4. The van der Waals surface area contributed by atoms with Crippen molar-refractivity contribution in [3.8, 4) is 0 Å². The minimum Gasteiger partial charge on any atom is -0.459 e. The number of ether oxygens (including phenoxy) is 1. The Hall–Kier alpha value is -8.79. The van der Waals surface area contributed by atoms with Crippen molar-refractivity contribution < 1.29 is 56.7 Å². The molecule has 7 fully saturated rings. The molecule has 4 aromatic heterocycles. The van der Waals surface area contributed by atoms with Gasteiger partial charge in [-0.15, -0.1) is 0 Å². The van der Waals surface area contributed by atoms with Crippen LogP contribution in [0.5, 0.6) is 0 Å². The Bertz CT molecular complexity index is 4010. The molecule has 554 valence electrons. The molecule has 21 nitrogen and oxygen atoms in total. The van der Waals surface area contributed by atoms with Crippen LogP contribution in [0.4, 0.5) is 42.1 Å². The fourth-order valence-electron chi connectivity index (χ4n) is 12.8. The first-order valence-electron chi connectivity index (χ1n) is 35.5. The Kier molecular flexibility index (Phi) is 30.2. The van der Waals surface area contributed by atoms with E-state index in [0.717, 1.165) is 95.4 Å². The van der Waals surface area contributed by atoms with Gasteiger partial charge in [0.15, 0.2) is 0 Å². The molecule has 7 atom stereocenters. The van der Waals surface area contributed by atoms with E-state index in [0.29, 0.717) is 84.0 Å². The van der Waals surface area contributed by atoms with Crippen LogP contribution in [0.3, 0.4) is 0 Å². The molecule has 1 unspecified atom stereocenters. The largest absolute Gasteiger partial charge is 0.459 e. The van der Waals surface area contributed by atoms with Gasteiger partial charge in [-0.2, -0.15) is 0 Å². The number of nitrogen functional groups attached to an aromatic ring is 4. The summed E-state index contributed by atoms with van der Waals surface area (Å²) in [5.74, 6) is -0.0385. The first kappa shape index (κ1) is 80.9. The third-order valence-electron chi connectivity index (χ3n) is 19.2. The Labute approximate surface area is 622 Å². The summed E-state index contributed by atoms with van der Waals surface area (Å²) < 4.78 is 46.0. The van der Waals surface area contributed by atoms with Crippen LogP contribution in [0.2, 0.25) is 5.82 Å². The van der Waals surface area contributed by atoms with Gasteiger partial charge in [0.1, 0.15) is 40.7 Å². The SMILES string of the molecule is CCOC(=O)C(=O)N1C[C@@H](C)CC[C@@H]1c1ccc(F)cc1.C[C@H]1CC[C@H](c2ccc(F)cc2)C(C(=O)C(=O)Nc2cnc(N)c(C3CC3)c2)C1.C[C@H]1CC[C@H](c2ccc(F)cc2)N(C(=O)C(N)=O)C1.Nc1ncc(Br)cc1C1CC1.Nc1ncccc1Br.Nc1ncccc1C1CC1.OB(O)C1CC1. The van der Waals surface area contributed by atoms with Gasteiger partial charge < -0.3 is 58.6 Å². The van der Waals surface area contributed by atoms with Gasteiger partial charge in [-0.05, 0) is 263 Å². The first-order chi connectivity index (χ1) is 49.7. The molecule has 0 spiro atoms. The Morgan fingerprint density at radius 3 is 1.44 bits per heavy atom. The van der Waals surface area contributed by atoms with E-state index in [-0.39, 0.29) is 47.9 Å². The van der Waals surface area contributed by atoms with Crippen molar-refractivity contribution in [2.24, 2.45) is 29.4 Å². The fourth-order valence-corrected chi connectivity index (χ4v) is 13.4. The number of halogens is 5. The van der Waals surface area contributed by atoms with E-state index in [1.807, 2.05) is 38.1 Å². The third-order valence-corrected chi connectivity index (χ3v) is 20.3. The highest BCUT2D eigenvalue weighted by molar-refractivity contribution is 9.10. The first-order valence-corrected chi connectivity index (χ1v) is 37.1. The number of nitrogens with zero attached hydrogens (tertiary/aromatic N) is 6. The summed E-state index contributed by atoms with van der Waals surface area (Å²) in [6, 6.07) is 29.6. The molecule has 3 aromatic carbocycles. The molecule has 7 aromatic rings. The molecule has 27 heteroatoms. The molecule has 13 N–H and O–H groups in total. The summed E-state index contributed by atoms with van der Waals surface area (Å²) in [5.41, 5.74) is 34.2. The lowest BCUT2D eigenvalue weighted by Gasteiger charge is -2.38. The zero-order valence-corrected chi connectivity index (χ0v) is 62.2. The van der Waals surface area contributed by atoms with Gasteiger partial charge >= 0.3 is 30.8 Å². The number of hydrogen-bond acceptors (Lipinski definition) is 17. The smallest absolute Gasteiger partial charge is 0.454 e. The molecule has 2 saturated heterocycles. The molecule has 0 radical (unpaired) electrons. The molecule has 14 rings (SSSR count). The number of nitrogens with two attached hydrogens (primary N) is 5. The third kappa shape index (κ3) is 24.7. The Balaban J connectivity index is 0.000000163. The van der Waals surface area contributed by atoms with Crippen LogP contribution in [0.15, 0.2) is 143 Å². The molecule has 7 aliphatic rings. The highest BCUT2D eigenvalue weighted by Crippen LogP contribution is 2.46. The molecule has 104 heavy (non-hydrogen) atoms. The molecule has 2 aliphatic heterocycles. The van der Waals surface area contributed by atoms with Gasteiger partial charge in [0.2, 0.25) is 5.78 Å².